The molecule has 0 amide bonds. The first-order valence-corrected chi connectivity index (χ1v) is 6.60. The lowest BCUT2D eigenvalue weighted by atomic mass is 10.1. The van der Waals surface area contributed by atoms with Gasteiger partial charge >= 0.3 is 0 Å². The van der Waals surface area contributed by atoms with E-state index in [2.05, 4.69) is 34.6 Å². The number of benzene rings is 1. The zero-order valence-corrected chi connectivity index (χ0v) is 10.6. The zero-order chi connectivity index (χ0) is 10.1. The van der Waals surface area contributed by atoms with Gasteiger partial charge in [-0.3, -0.25) is 0 Å². The van der Waals surface area contributed by atoms with Gasteiger partial charge in [-0.1, -0.05) is 15.9 Å². The Morgan fingerprint density at radius 2 is 2.14 bits per heavy atom. The average Bonchev–Trinajstić information content (AvgIpc) is 2.58. The van der Waals surface area contributed by atoms with Crippen molar-refractivity contribution in [2.24, 2.45) is 0 Å². The fourth-order valence-electron chi connectivity index (χ4n) is 1.39. The molecule has 0 atom stereocenters. The number of fused-ring (bicyclic) bond motifs is 1. The number of alkyl halides is 1. The smallest absolute Gasteiger partial charge is 0.0696 e. The second-order valence-corrected chi connectivity index (χ2v) is 4.98. The first kappa shape index (κ1) is 10.5. The highest BCUT2D eigenvalue weighted by molar-refractivity contribution is 9.08. The van der Waals surface area contributed by atoms with Crippen molar-refractivity contribution in [3.05, 3.63) is 28.6 Å². The van der Waals surface area contributed by atoms with Crippen LogP contribution in [0.3, 0.4) is 0 Å². The van der Waals surface area contributed by atoms with E-state index in [4.69, 9.17) is 5.11 Å². The first-order valence-electron chi connectivity index (χ1n) is 4.15. The Bertz CT molecular complexity index is 464. The van der Waals surface area contributed by atoms with E-state index >= 15 is 0 Å². The lowest BCUT2D eigenvalue weighted by molar-refractivity contribution is 0.284. The normalized spacial score (nSPS) is 11.1. The fraction of sp³-hybridized carbons (Fsp3) is 0.200. The minimum Gasteiger partial charge on any atom is -0.392 e. The van der Waals surface area contributed by atoms with Crippen LogP contribution in [0, 0.1) is 0 Å². The van der Waals surface area contributed by atoms with Gasteiger partial charge in [0.1, 0.15) is 0 Å². The van der Waals surface area contributed by atoms with Gasteiger partial charge in [-0.05, 0) is 34.0 Å². The van der Waals surface area contributed by atoms with Crippen molar-refractivity contribution in [3.63, 3.8) is 0 Å². The molecule has 0 aliphatic rings. The lowest BCUT2D eigenvalue weighted by Gasteiger charge is -2.02. The number of hydrogen-bond donors (Lipinski definition) is 2. The number of aliphatic hydroxyl groups is 1. The Morgan fingerprint density at radius 1 is 1.36 bits per heavy atom. The topological polar surface area (TPSA) is 20.2 Å². The molecule has 2 rings (SSSR count). The third-order valence-corrected chi connectivity index (χ3v) is 4.18. The van der Waals surface area contributed by atoms with Gasteiger partial charge in [0.25, 0.3) is 0 Å². The molecule has 74 valence electrons. The van der Waals surface area contributed by atoms with E-state index in [-0.39, 0.29) is 6.61 Å². The van der Waals surface area contributed by atoms with Crippen molar-refractivity contribution in [2.45, 2.75) is 16.8 Å². The Balaban J connectivity index is 2.69. The molecule has 2 aromatic rings. The van der Waals surface area contributed by atoms with E-state index in [0.29, 0.717) is 0 Å². The summed E-state index contributed by atoms with van der Waals surface area (Å²) < 4.78 is 1.21. The van der Waals surface area contributed by atoms with Crippen LogP contribution in [0.5, 0.6) is 0 Å². The van der Waals surface area contributed by atoms with Crippen molar-refractivity contribution < 1.29 is 5.11 Å². The Kier molecular flexibility index (Phi) is 3.17. The molecule has 0 spiro atoms. The van der Waals surface area contributed by atoms with Gasteiger partial charge in [-0.25, -0.2) is 0 Å². The maximum atomic E-state index is 9.11. The third-order valence-electron chi connectivity index (χ3n) is 2.17. The molecule has 0 radical (unpaired) electrons. The second kappa shape index (κ2) is 4.23. The van der Waals surface area contributed by atoms with Crippen molar-refractivity contribution in [2.75, 3.05) is 0 Å². The highest BCUT2D eigenvalue weighted by Gasteiger charge is 2.06. The fourth-order valence-corrected chi connectivity index (χ4v) is 3.34. The van der Waals surface area contributed by atoms with Gasteiger partial charge in [-0.15, -0.1) is 24.0 Å². The number of hydrogen-bond acceptors (Lipinski definition) is 3. The molecule has 1 heterocycles. The van der Waals surface area contributed by atoms with E-state index in [1.54, 1.807) is 11.3 Å². The minimum absolute atomic E-state index is 0.0981. The van der Waals surface area contributed by atoms with Crippen LogP contribution in [0.25, 0.3) is 10.1 Å². The predicted molar refractivity (Wildman–Crippen MR) is 67.6 cm³/mol. The average molecular weight is 289 g/mol. The van der Waals surface area contributed by atoms with Crippen molar-refractivity contribution in [1.82, 2.24) is 0 Å². The van der Waals surface area contributed by atoms with E-state index in [1.165, 1.54) is 10.3 Å². The van der Waals surface area contributed by atoms with Gasteiger partial charge in [-0.2, -0.15) is 0 Å². The highest BCUT2D eigenvalue weighted by atomic mass is 79.9. The van der Waals surface area contributed by atoms with Crippen molar-refractivity contribution >= 4 is 50.0 Å². The predicted octanol–water partition coefficient (Wildman–Crippen LogP) is 3.58. The van der Waals surface area contributed by atoms with Crippen LogP contribution in [-0.2, 0) is 11.9 Å². The van der Waals surface area contributed by atoms with Crippen LogP contribution >= 0.6 is 39.9 Å². The summed E-state index contributed by atoms with van der Waals surface area (Å²) >= 11 is 9.49. The van der Waals surface area contributed by atoms with Gasteiger partial charge < -0.3 is 5.11 Å². The Labute approximate surface area is 100 Å². The Hall–Kier alpha value is -0.0300. The maximum absolute atomic E-state index is 9.11. The lowest BCUT2D eigenvalue weighted by Crippen LogP contribution is -1.83. The van der Waals surface area contributed by atoms with E-state index in [1.807, 2.05) is 11.4 Å². The van der Waals surface area contributed by atoms with Gasteiger partial charge in [0.2, 0.25) is 0 Å². The van der Waals surface area contributed by atoms with Crippen LogP contribution < -0.4 is 0 Å². The Morgan fingerprint density at radius 3 is 2.79 bits per heavy atom. The summed E-state index contributed by atoms with van der Waals surface area (Å²) in [4.78, 5) is 0.975. The monoisotopic (exact) mass is 288 g/mol. The SMILES string of the molecule is OCc1csc2cc(CBr)c(S)cc12. The summed E-state index contributed by atoms with van der Waals surface area (Å²) in [5.41, 5.74) is 2.17. The van der Waals surface area contributed by atoms with Crippen LogP contribution in [0.4, 0.5) is 0 Å². The number of thiol groups is 1. The number of rotatable bonds is 2. The van der Waals surface area contributed by atoms with Crippen molar-refractivity contribution in [3.8, 4) is 0 Å². The minimum atomic E-state index is 0.0981. The van der Waals surface area contributed by atoms with Gasteiger partial charge in [0, 0.05) is 14.9 Å². The molecule has 0 bridgehead atoms. The maximum Gasteiger partial charge on any atom is 0.0696 e. The molecule has 0 saturated heterocycles. The molecule has 1 aromatic carbocycles. The van der Waals surface area contributed by atoms with Crippen LogP contribution in [0.2, 0.25) is 0 Å². The highest BCUT2D eigenvalue weighted by Crippen LogP contribution is 2.31. The van der Waals surface area contributed by atoms with Gasteiger partial charge in [0.15, 0.2) is 0 Å². The molecular formula is C10H9BrOS2. The molecule has 0 fully saturated rings. The van der Waals surface area contributed by atoms with Crippen LogP contribution in [-0.4, -0.2) is 5.11 Å². The summed E-state index contributed by atoms with van der Waals surface area (Å²) in [7, 11) is 0. The molecule has 0 aliphatic heterocycles. The molecule has 1 nitrogen and oxygen atoms in total. The quantitative estimate of drug-likeness (QED) is 0.639. The van der Waals surface area contributed by atoms with Crippen LogP contribution in [0.15, 0.2) is 22.4 Å². The van der Waals surface area contributed by atoms with Gasteiger partial charge in [0.05, 0.1) is 6.61 Å². The summed E-state index contributed by atoms with van der Waals surface area (Å²) in [5.74, 6) is 0. The molecule has 1 aromatic heterocycles. The van der Waals surface area contributed by atoms with Crippen LogP contribution in [0.1, 0.15) is 11.1 Å². The second-order valence-electron chi connectivity index (χ2n) is 3.03. The standard InChI is InChI=1S/C10H9BrOS2/c11-3-6-1-10-8(2-9(6)13)7(4-12)5-14-10/h1-2,5,12-13H,3-4H2. The molecular weight excluding hydrogens is 280 g/mol. The number of thiophene rings is 1. The summed E-state index contributed by atoms with van der Waals surface area (Å²) in [6.07, 6.45) is 0. The summed E-state index contributed by atoms with van der Waals surface area (Å²) in [6.45, 7) is 0.0981. The first-order chi connectivity index (χ1) is 6.76. The van der Waals surface area contributed by atoms with E-state index < -0.39 is 0 Å². The zero-order valence-electron chi connectivity index (χ0n) is 7.33. The summed E-state index contributed by atoms with van der Waals surface area (Å²) in [6, 6.07) is 4.15. The number of halogens is 1. The molecule has 1 N–H and O–H groups in total. The van der Waals surface area contributed by atoms with E-state index in [9.17, 15) is 0 Å². The molecule has 14 heavy (non-hydrogen) atoms. The molecule has 0 aliphatic carbocycles. The molecule has 0 unspecified atom stereocenters. The van der Waals surface area contributed by atoms with E-state index in [0.717, 1.165) is 21.2 Å². The molecule has 4 heteroatoms. The van der Waals surface area contributed by atoms with Crippen molar-refractivity contribution in [1.29, 1.82) is 0 Å². The molecule has 0 saturated carbocycles. The largest absolute Gasteiger partial charge is 0.392 e. The third kappa shape index (κ3) is 1.72. The summed E-state index contributed by atoms with van der Waals surface area (Å²) in [5, 5.41) is 13.0. The number of aliphatic hydroxyl groups excluding tert-OH is 1.